The van der Waals surface area contributed by atoms with Gasteiger partial charge in [0.1, 0.15) is 0 Å². The lowest BCUT2D eigenvalue weighted by Gasteiger charge is -2.37. The molecule has 0 spiro atoms. The van der Waals surface area contributed by atoms with Gasteiger partial charge in [0, 0.05) is 23.5 Å². The molecule has 1 aromatic heterocycles. The Morgan fingerprint density at radius 2 is 2.18 bits per heavy atom. The summed E-state index contributed by atoms with van der Waals surface area (Å²) in [5.74, 6) is 0. The minimum absolute atomic E-state index is 0.114. The van der Waals surface area contributed by atoms with Gasteiger partial charge in [0.2, 0.25) is 0 Å². The lowest BCUT2D eigenvalue weighted by atomic mass is 10.0. The molecule has 0 saturated heterocycles. The van der Waals surface area contributed by atoms with E-state index < -0.39 is 0 Å². The Hall–Kier alpha value is -0.420. The molecule has 0 aliphatic rings. The van der Waals surface area contributed by atoms with Gasteiger partial charge < -0.3 is 10.8 Å². The van der Waals surface area contributed by atoms with Gasteiger partial charge in [-0.25, -0.2) is 0 Å². The van der Waals surface area contributed by atoms with Gasteiger partial charge in [-0.3, -0.25) is 4.90 Å². The van der Waals surface area contributed by atoms with E-state index in [0.717, 1.165) is 6.42 Å². The smallest absolute Gasteiger partial charge is 0.0596 e. The summed E-state index contributed by atoms with van der Waals surface area (Å²) in [7, 11) is 0. The molecule has 1 aromatic rings. The van der Waals surface area contributed by atoms with Crippen LogP contribution in [-0.4, -0.2) is 35.2 Å². The summed E-state index contributed by atoms with van der Waals surface area (Å²) in [6, 6.07) is 4.91. The Morgan fingerprint density at radius 1 is 1.47 bits per heavy atom. The van der Waals surface area contributed by atoms with Crippen molar-refractivity contribution < 1.29 is 5.11 Å². The highest BCUT2D eigenvalue weighted by atomic mass is 32.1. The first-order valence-corrected chi connectivity index (χ1v) is 7.15. The fourth-order valence-electron chi connectivity index (χ4n) is 2.14. The van der Waals surface area contributed by atoms with E-state index in [1.54, 1.807) is 11.3 Å². The zero-order valence-electron chi connectivity index (χ0n) is 11.0. The van der Waals surface area contributed by atoms with Crippen molar-refractivity contribution in [2.75, 3.05) is 13.2 Å². The van der Waals surface area contributed by atoms with E-state index in [1.165, 1.54) is 4.88 Å². The van der Waals surface area contributed by atoms with Crippen molar-refractivity contribution >= 4 is 11.3 Å². The number of thiophene rings is 1. The maximum atomic E-state index is 9.21. The molecule has 0 bridgehead atoms. The molecule has 1 rings (SSSR count). The van der Waals surface area contributed by atoms with Gasteiger partial charge >= 0.3 is 0 Å². The third-order valence-corrected chi connectivity index (χ3v) is 4.03. The minimum Gasteiger partial charge on any atom is -0.395 e. The van der Waals surface area contributed by atoms with Crippen LogP contribution in [0.5, 0.6) is 0 Å². The first-order chi connectivity index (χ1) is 8.11. The van der Waals surface area contributed by atoms with E-state index in [9.17, 15) is 5.11 Å². The highest BCUT2D eigenvalue weighted by Gasteiger charge is 2.27. The Labute approximate surface area is 108 Å². The number of nitrogens with two attached hydrogens (primary N) is 1. The normalized spacial score (nSPS) is 15.5. The minimum atomic E-state index is 0.114. The number of hydrogen-bond donors (Lipinski definition) is 2. The fraction of sp³-hybridized carbons (Fsp3) is 0.692. The van der Waals surface area contributed by atoms with Crippen molar-refractivity contribution in [1.82, 2.24) is 4.90 Å². The van der Waals surface area contributed by atoms with E-state index in [-0.39, 0.29) is 18.7 Å². The largest absolute Gasteiger partial charge is 0.395 e. The van der Waals surface area contributed by atoms with Crippen LogP contribution in [0.4, 0.5) is 0 Å². The van der Waals surface area contributed by atoms with Crippen molar-refractivity contribution in [3.05, 3.63) is 22.4 Å². The fourth-order valence-corrected chi connectivity index (χ4v) is 3.06. The molecule has 0 amide bonds. The lowest BCUT2D eigenvalue weighted by Crippen LogP contribution is -2.45. The summed E-state index contributed by atoms with van der Waals surface area (Å²) < 4.78 is 0. The predicted molar refractivity (Wildman–Crippen MR) is 74.3 cm³/mol. The van der Waals surface area contributed by atoms with Crippen LogP contribution in [0.15, 0.2) is 17.5 Å². The number of rotatable bonds is 7. The number of aliphatic hydroxyl groups excluding tert-OH is 1. The molecule has 2 atom stereocenters. The molecule has 1 heterocycles. The quantitative estimate of drug-likeness (QED) is 0.786. The lowest BCUT2D eigenvalue weighted by molar-refractivity contribution is 0.103. The Balaban J connectivity index is 2.95. The molecule has 4 heteroatoms. The second-order valence-electron chi connectivity index (χ2n) is 4.59. The van der Waals surface area contributed by atoms with Gasteiger partial charge in [0.25, 0.3) is 0 Å². The van der Waals surface area contributed by atoms with Crippen molar-refractivity contribution in [2.45, 2.75) is 45.3 Å². The number of aliphatic hydroxyl groups is 1. The summed E-state index contributed by atoms with van der Waals surface area (Å²) in [5.41, 5.74) is 6.26. The monoisotopic (exact) mass is 256 g/mol. The van der Waals surface area contributed by atoms with Crippen LogP contribution >= 0.6 is 11.3 Å². The zero-order valence-corrected chi connectivity index (χ0v) is 11.8. The molecular weight excluding hydrogens is 232 g/mol. The summed E-state index contributed by atoms with van der Waals surface area (Å²) in [6.45, 7) is 7.27. The maximum absolute atomic E-state index is 9.21. The Kier molecular flexibility index (Phi) is 6.12. The Morgan fingerprint density at radius 3 is 2.59 bits per heavy atom. The van der Waals surface area contributed by atoms with Crippen LogP contribution < -0.4 is 5.73 Å². The molecule has 0 aliphatic carbocycles. The van der Waals surface area contributed by atoms with Crippen molar-refractivity contribution in [3.63, 3.8) is 0 Å². The van der Waals surface area contributed by atoms with Gasteiger partial charge in [0.05, 0.1) is 12.6 Å². The molecule has 0 aliphatic heterocycles. The van der Waals surface area contributed by atoms with Gasteiger partial charge in [-0.05, 0) is 31.7 Å². The van der Waals surface area contributed by atoms with E-state index in [0.29, 0.717) is 12.6 Å². The predicted octanol–water partition coefficient (Wildman–Crippen LogP) is 2.23. The van der Waals surface area contributed by atoms with E-state index in [4.69, 9.17) is 5.73 Å². The van der Waals surface area contributed by atoms with Crippen molar-refractivity contribution in [3.8, 4) is 0 Å². The van der Waals surface area contributed by atoms with Crippen LogP contribution in [-0.2, 0) is 0 Å². The van der Waals surface area contributed by atoms with Gasteiger partial charge in [-0.1, -0.05) is 13.0 Å². The second-order valence-corrected chi connectivity index (χ2v) is 5.57. The van der Waals surface area contributed by atoms with Crippen LogP contribution in [0, 0.1) is 0 Å². The Bertz CT molecular complexity index is 300. The summed E-state index contributed by atoms with van der Waals surface area (Å²) in [6.07, 6.45) is 0.942. The van der Waals surface area contributed by atoms with Crippen molar-refractivity contribution in [1.29, 1.82) is 0 Å². The molecule has 0 aromatic carbocycles. The highest BCUT2D eigenvalue weighted by Crippen LogP contribution is 2.30. The van der Waals surface area contributed by atoms with Crippen LogP contribution in [0.1, 0.15) is 38.1 Å². The molecule has 0 radical (unpaired) electrons. The van der Waals surface area contributed by atoms with Gasteiger partial charge in [0.15, 0.2) is 0 Å². The van der Waals surface area contributed by atoms with Crippen LogP contribution in [0.3, 0.4) is 0 Å². The average Bonchev–Trinajstić information content (AvgIpc) is 2.81. The summed E-state index contributed by atoms with van der Waals surface area (Å²) in [5, 5.41) is 11.3. The van der Waals surface area contributed by atoms with Crippen LogP contribution in [0.2, 0.25) is 0 Å². The summed E-state index contributed by atoms with van der Waals surface area (Å²) in [4.78, 5) is 3.58. The number of hydrogen-bond acceptors (Lipinski definition) is 4. The molecular formula is C13H24N2OS. The molecule has 0 saturated carbocycles. The average molecular weight is 256 g/mol. The highest BCUT2D eigenvalue weighted by molar-refractivity contribution is 7.10. The number of nitrogens with zero attached hydrogens (tertiary/aromatic N) is 1. The first-order valence-electron chi connectivity index (χ1n) is 6.27. The standard InChI is InChI=1S/C13H24N2OS/c1-4-11(14)13(12-6-5-9-17-12)15(7-8-16)10(2)3/h5-6,9-11,13,16H,4,7-8,14H2,1-3H3. The van der Waals surface area contributed by atoms with Gasteiger partial charge in [-0.15, -0.1) is 11.3 Å². The molecule has 3 N–H and O–H groups in total. The van der Waals surface area contributed by atoms with E-state index in [1.807, 2.05) is 0 Å². The molecule has 0 fully saturated rings. The third kappa shape index (κ3) is 3.78. The molecule has 98 valence electrons. The molecule has 3 nitrogen and oxygen atoms in total. The third-order valence-electron chi connectivity index (χ3n) is 3.09. The second kappa shape index (κ2) is 7.11. The SMILES string of the molecule is CCC(N)C(c1cccs1)N(CCO)C(C)C. The zero-order chi connectivity index (χ0) is 12.8. The van der Waals surface area contributed by atoms with E-state index in [2.05, 4.69) is 43.2 Å². The van der Waals surface area contributed by atoms with E-state index >= 15 is 0 Å². The molecule has 17 heavy (non-hydrogen) atoms. The van der Waals surface area contributed by atoms with Crippen molar-refractivity contribution in [2.24, 2.45) is 5.73 Å². The topological polar surface area (TPSA) is 49.5 Å². The maximum Gasteiger partial charge on any atom is 0.0596 e. The first kappa shape index (κ1) is 14.6. The molecule has 2 unspecified atom stereocenters. The van der Waals surface area contributed by atoms with Crippen LogP contribution in [0.25, 0.3) is 0 Å². The summed E-state index contributed by atoms with van der Waals surface area (Å²) >= 11 is 1.74. The van der Waals surface area contributed by atoms with Gasteiger partial charge in [-0.2, -0.15) is 0 Å².